The van der Waals surface area contributed by atoms with Gasteiger partial charge in [-0.25, -0.2) is 0 Å². The number of carbonyl (C=O) groups excluding carboxylic acids is 1. The first-order chi connectivity index (χ1) is 13.2. The van der Waals surface area contributed by atoms with Crippen LogP contribution in [0, 0.1) is 6.92 Å². The minimum Gasteiger partial charge on any atom is -0.285 e. The maximum atomic E-state index is 12.7. The van der Waals surface area contributed by atoms with Gasteiger partial charge in [0.05, 0.1) is 5.69 Å². The largest absolute Gasteiger partial charge is 0.285 e. The first-order valence-corrected chi connectivity index (χ1v) is 9.57. The summed E-state index contributed by atoms with van der Waals surface area (Å²) in [6.07, 6.45) is 0. The molecule has 1 heterocycles. The van der Waals surface area contributed by atoms with Crippen molar-refractivity contribution in [1.82, 2.24) is 4.57 Å². The second-order valence-corrected chi connectivity index (χ2v) is 7.06. The van der Waals surface area contributed by atoms with Gasteiger partial charge in [0.25, 0.3) is 5.91 Å². The molecule has 0 aliphatic rings. The van der Waals surface area contributed by atoms with Crippen LogP contribution in [-0.4, -0.2) is 10.5 Å². The lowest BCUT2D eigenvalue weighted by Crippen LogP contribution is -2.16. The van der Waals surface area contributed by atoms with Crippen LogP contribution in [0.15, 0.2) is 95.3 Å². The van der Waals surface area contributed by atoms with Gasteiger partial charge in [-0.3, -0.25) is 9.36 Å². The second-order valence-electron chi connectivity index (χ2n) is 6.22. The molecule has 0 aliphatic heterocycles. The van der Waals surface area contributed by atoms with E-state index in [-0.39, 0.29) is 5.91 Å². The molecule has 0 saturated heterocycles. The summed E-state index contributed by atoms with van der Waals surface area (Å²) in [5, 5.41) is 2.05. The summed E-state index contributed by atoms with van der Waals surface area (Å²) in [4.78, 5) is 17.8. The molecule has 0 fully saturated rings. The lowest BCUT2D eigenvalue weighted by atomic mass is 10.1. The molecule has 0 atom stereocenters. The van der Waals surface area contributed by atoms with Gasteiger partial charge < -0.3 is 0 Å². The summed E-state index contributed by atoms with van der Waals surface area (Å²) in [6, 6.07) is 27.6. The van der Waals surface area contributed by atoms with Gasteiger partial charge in [-0.1, -0.05) is 66.2 Å². The van der Waals surface area contributed by atoms with Gasteiger partial charge >= 0.3 is 0 Å². The average molecular weight is 370 g/mol. The molecule has 0 unspecified atom stereocenters. The van der Waals surface area contributed by atoms with Crippen LogP contribution >= 0.6 is 11.3 Å². The zero-order valence-corrected chi connectivity index (χ0v) is 15.7. The summed E-state index contributed by atoms with van der Waals surface area (Å²) in [5.74, 6) is -0.235. The summed E-state index contributed by atoms with van der Waals surface area (Å²) in [7, 11) is 0. The highest BCUT2D eigenvalue weighted by atomic mass is 32.1. The van der Waals surface area contributed by atoms with Crippen molar-refractivity contribution in [2.24, 2.45) is 4.99 Å². The Morgan fingerprint density at radius 3 is 2.15 bits per heavy atom. The van der Waals surface area contributed by atoms with Gasteiger partial charge in [0, 0.05) is 16.6 Å². The van der Waals surface area contributed by atoms with E-state index in [9.17, 15) is 4.79 Å². The molecule has 0 radical (unpaired) electrons. The van der Waals surface area contributed by atoms with Crippen LogP contribution in [0.4, 0.5) is 0 Å². The third-order valence-corrected chi connectivity index (χ3v) is 5.11. The normalized spacial score (nSPS) is 11.5. The van der Waals surface area contributed by atoms with Gasteiger partial charge in [0.2, 0.25) is 0 Å². The zero-order valence-electron chi connectivity index (χ0n) is 14.9. The average Bonchev–Trinajstić information content (AvgIpc) is 3.13. The monoisotopic (exact) mass is 370 g/mol. The van der Waals surface area contributed by atoms with Crippen LogP contribution in [0.1, 0.15) is 15.9 Å². The number of hydrogen-bond donors (Lipinski definition) is 0. The fourth-order valence-corrected chi connectivity index (χ4v) is 3.78. The van der Waals surface area contributed by atoms with E-state index in [0.29, 0.717) is 10.4 Å². The Labute approximate surface area is 161 Å². The van der Waals surface area contributed by atoms with Crippen molar-refractivity contribution in [2.45, 2.75) is 6.92 Å². The van der Waals surface area contributed by atoms with E-state index in [1.54, 1.807) is 0 Å². The van der Waals surface area contributed by atoms with Crippen LogP contribution in [-0.2, 0) is 0 Å². The predicted octanol–water partition coefficient (Wildman–Crippen LogP) is 5.26. The van der Waals surface area contributed by atoms with Gasteiger partial charge in [-0.2, -0.15) is 4.99 Å². The number of carbonyl (C=O) groups is 1. The number of hydrogen-bond acceptors (Lipinski definition) is 2. The first kappa shape index (κ1) is 17.2. The Morgan fingerprint density at radius 2 is 1.48 bits per heavy atom. The summed E-state index contributed by atoms with van der Waals surface area (Å²) >= 11 is 1.47. The molecule has 0 bridgehead atoms. The van der Waals surface area contributed by atoms with Crippen molar-refractivity contribution in [2.75, 3.05) is 0 Å². The van der Waals surface area contributed by atoms with Gasteiger partial charge in [-0.05, 0) is 36.8 Å². The van der Waals surface area contributed by atoms with Gasteiger partial charge in [0.15, 0.2) is 4.80 Å². The lowest BCUT2D eigenvalue weighted by Gasteiger charge is -2.09. The van der Waals surface area contributed by atoms with Crippen molar-refractivity contribution in [3.63, 3.8) is 0 Å². The molecular formula is C23H18N2OS. The topological polar surface area (TPSA) is 34.4 Å². The number of rotatable bonds is 3. The van der Waals surface area contributed by atoms with Crippen LogP contribution in [0.3, 0.4) is 0 Å². The Hall–Kier alpha value is -3.24. The third kappa shape index (κ3) is 3.66. The van der Waals surface area contributed by atoms with E-state index >= 15 is 0 Å². The van der Waals surface area contributed by atoms with E-state index in [1.165, 1.54) is 11.3 Å². The highest BCUT2D eigenvalue weighted by molar-refractivity contribution is 7.07. The molecule has 3 aromatic carbocycles. The highest BCUT2D eigenvalue weighted by Gasteiger charge is 2.11. The Morgan fingerprint density at radius 1 is 0.852 bits per heavy atom. The molecule has 0 spiro atoms. The summed E-state index contributed by atoms with van der Waals surface area (Å²) in [5.41, 5.74) is 4.79. The van der Waals surface area contributed by atoms with Crippen molar-refractivity contribution >= 4 is 17.2 Å². The highest BCUT2D eigenvalue weighted by Crippen LogP contribution is 2.23. The molecular weight excluding hydrogens is 352 g/mol. The summed E-state index contributed by atoms with van der Waals surface area (Å²) in [6.45, 7) is 2.00. The maximum absolute atomic E-state index is 12.7. The number of nitrogens with zero attached hydrogens (tertiary/aromatic N) is 2. The maximum Gasteiger partial charge on any atom is 0.279 e. The van der Waals surface area contributed by atoms with Crippen LogP contribution in [0.25, 0.3) is 16.9 Å². The van der Waals surface area contributed by atoms with E-state index in [0.717, 1.165) is 22.5 Å². The lowest BCUT2D eigenvalue weighted by molar-refractivity contribution is 0.0998. The molecule has 27 heavy (non-hydrogen) atoms. The van der Waals surface area contributed by atoms with E-state index < -0.39 is 0 Å². The minimum absolute atomic E-state index is 0.235. The minimum atomic E-state index is -0.235. The number of aromatic nitrogens is 1. The van der Waals surface area contributed by atoms with Crippen molar-refractivity contribution < 1.29 is 4.79 Å². The number of aryl methyl sites for hydroxylation is 1. The SMILES string of the molecule is Cc1ccc(C(=O)N=c2scc(-c3ccccc3)n2-c2ccccc2)cc1. The molecule has 0 saturated carbocycles. The zero-order chi connectivity index (χ0) is 18.6. The molecule has 132 valence electrons. The predicted molar refractivity (Wildman–Crippen MR) is 110 cm³/mol. The number of thiazole rings is 1. The number of benzene rings is 3. The molecule has 1 aromatic heterocycles. The Balaban J connectivity index is 1.87. The molecule has 3 nitrogen and oxygen atoms in total. The van der Waals surface area contributed by atoms with Crippen LogP contribution in [0.5, 0.6) is 0 Å². The van der Waals surface area contributed by atoms with Gasteiger partial charge in [-0.15, -0.1) is 11.3 Å². The summed E-state index contributed by atoms with van der Waals surface area (Å²) < 4.78 is 2.03. The number of para-hydroxylation sites is 1. The molecule has 0 aliphatic carbocycles. The first-order valence-electron chi connectivity index (χ1n) is 8.69. The van der Waals surface area contributed by atoms with E-state index in [2.05, 4.69) is 17.1 Å². The smallest absolute Gasteiger partial charge is 0.279 e. The molecule has 4 aromatic rings. The molecule has 4 heteroatoms. The van der Waals surface area contributed by atoms with Gasteiger partial charge in [0.1, 0.15) is 0 Å². The Kier molecular flexibility index (Phi) is 4.81. The standard InChI is InChI=1S/C23H18N2OS/c1-17-12-14-19(15-13-17)22(26)24-23-25(20-10-6-3-7-11-20)21(16-27-23)18-8-4-2-5-9-18/h2-16H,1H3. The van der Waals surface area contributed by atoms with E-state index in [4.69, 9.17) is 0 Å². The quantitative estimate of drug-likeness (QED) is 0.485. The number of amides is 1. The molecule has 0 N–H and O–H groups in total. The molecule has 1 amide bonds. The Bertz CT molecular complexity index is 1120. The fraction of sp³-hybridized carbons (Fsp3) is 0.0435. The van der Waals surface area contributed by atoms with E-state index in [1.807, 2.05) is 89.7 Å². The fourth-order valence-electron chi connectivity index (χ4n) is 2.87. The van der Waals surface area contributed by atoms with Crippen LogP contribution in [0.2, 0.25) is 0 Å². The third-order valence-electron chi connectivity index (χ3n) is 4.29. The molecule has 4 rings (SSSR count). The second kappa shape index (κ2) is 7.56. The van der Waals surface area contributed by atoms with Crippen molar-refractivity contribution in [3.8, 4) is 16.9 Å². The van der Waals surface area contributed by atoms with Crippen molar-refractivity contribution in [3.05, 3.63) is 106 Å². The van der Waals surface area contributed by atoms with Crippen molar-refractivity contribution in [1.29, 1.82) is 0 Å². The van der Waals surface area contributed by atoms with Crippen LogP contribution < -0.4 is 4.80 Å².